The molecule has 2 aromatic rings. The molecular formula is C14H14ClF2NOS. The van der Waals surface area contributed by atoms with Gasteiger partial charge in [-0.1, -0.05) is 29.8 Å². The van der Waals surface area contributed by atoms with Crippen LogP contribution < -0.4 is 10.1 Å². The molecule has 6 heteroatoms. The van der Waals surface area contributed by atoms with Gasteiger partial charge in [-0.25, -0.2) is 0 Å². The second-order valence-corrected chi connectivity index (χ2v) is 5.82. The van der Waals surface area contributed by atoms with Gasteiger partial charge in [0.2, 0.25) is 0 Å². The zero-order chi connectivity index (χ0) is 14.5. The molecule has 0 fully saturated rings. The van der Waals surface area contributed by atoms with E-state index in [1.807, 2.05) is 18.4 Å². The number of rotatable bonds is 6. The highest BCUT2D eigenvalue weighted by atomic mass is 35.5. The summed E-state index contributed by atoms with van der Waals surface area (Å²) in [6.07, 6.45) is 0. The Balaban J connectivity index is 2.00. The van der Waals surface area contributed by atoms with E-state index in [0.29, 0.717) is 12.1 Å². The van der Waals surface area contributed by atoms with Gasteiger partial charge in [0.25, 0.3) is 0 Å². The summed E-state index contributed by atoms with van der Waals surface area (Å²) in [6, 6.07) is 8.74. The molecule has 0 spiro atoms. The summed E-state index contributed by atoms with van der Waals surface area (Å²) in [7, 11) is 0. The van der Waals surface area contributed by atoms with E-state index in [4.69, 9.17) is 11.6 Å². The lowest BCUT2D eigenvalue weighted by molar-refractivity contribution is -0.0505. The van der Waals surface area contributed by atoms with Gasteiger partial charge in [0, 0.05) is 18.2 Å². The lowest BCUT2D eigenvalue weighted by atomic mass is 10.1. The van der Waals surface area contributed by atoms with Crippen LogP contribution in [0.2, 0.25) is 4.34 Å². The first kappa shape index (κ1) is 15.2. The highest BCUT2D eigenvalue weighted by Crippen LogP contribution is 2.26. The van der Waals surface area contributed by atoms with Gasteiger partial charge in [-0.15, -0.1) is 11.3 Å². The monoisotopic (exact) mass is 317 g/mol. The maximum atomic E-state index is 12.3. The second kappa shape index (κ2) is 7.02. The molecule has 1 aromatic heterocycles. The summed E-state index contributed by atoms with van der Waals surface area (Å²) in [4.78, 5) is 0. The molecule has 0 bridgehead atoms. The molecule has 0 amide bonds. The molecule has 0 aliphatic carbocycles. The zero-order valence-electron chi connectivity index (χ0n) is 10.8. The summed E-state index contributed by atoms with van der Waals surface area (Å²) in [6.45, 7) is -0.379. The van der Waals surface area contributed by atoms with Crippen LogP contribution in [0.25, 0.3) is 0 Å². The second-order valence-electron chi connectivity index (χ2n) is 4.27. The van der Waals surface area contributed by atoms with E-state index in [1.165, 1.54) is 17.4 Å². The van der Waals surface area contributed by atoms with Crippen LogP contribution in [0.4, 0.5) is 8.78 Å². The van der Waals surface area contributed by atoms with Crippen molar-refractivity contribution in [2.24, 2.45) is 0 Å². The van der Waals surface area contributed by atoms with Gasteiger partial charge in [0.05, 0.1) is 4.34 Å². The number of thiophene rings is 1. The molecule has 1 aromatic carbocycles. The number of hydrogen-bond acceptors (Lipinski definition) is 3. The molecule has 1 atom stereocenters. The maximum Gasteiger partial charge on any atom is 0.387 e. The first-order valence-electron chi connectivity index (χ1n) is 6.06. The zero-order valence-corrected chi connectivity index (χ0v) is 12.3. The van der Waals surface area contributed by atoms with Gasteiger partial charge in [0.1, 0.15) is 5.75 Å². The van der Waals surface area contributed by atoms with Gasteiger partial charge in [-0.05, 0) is 30.0 Å². The van der Waals surface area contributed by atoms with Gasteiger partial charge in [-0.2, -0.15) is 8.78 Å². The number of nitrogens with one attached hydrogen (secondary N) is 1. The average molecular weight is 318 g/mol. The molecule has 1 heterocycles. The van der Waals surface area contributed by atoms with Crippen molar-refractivity contribution in [1.29, 1.82) is 0 Å². The number of para-hydroxylation sites is 1. The minimum absolute atomic E-state index is 0.0818. The Hall–Kier alpha value is -1.17. The predicted octanol–water partition coefficient (Wildman–Crippen LogP) is 4.85. The van der Waals surface area contributed by atoms with Crippen LogP contribution in [0.1, 0.15) is 24.1 Å². The number of hydrogen-bond donors (Lipinski definition) is 1. The average Bonchev–Trinajstić information content (AvgIpc) is 2.83. The Morgan fingerprint density at radius 2 is 2.10 bits per heavy atom. The quantitative estimate of drug-likeness (QED) is 0.822. The van der Waals surface area contributed by atoms with Gasteiger partial charge in [0.15, 0.2) is 0 Å². The van der Waals surface area contributed by atoms with E-state index in [-0.39, 0.29) is 11.8 Å². The number of ether oxygens (including phenoxy) is 1. The molecule has 0 saturated carbocycles. The third kappa shape index (κ3) is 4.16. The first-order valence-corrected chi connectivity index (χ1v) is 7.32. The van der Waals surface area contributed by atoms with E-state index >= 15 is 0 Å². The van der Waals surface area contributed by atoms with Gasteiger partial charge >= 0.3 is 6.61 Å². The number of alkyl halides is 2. The minimum Gasteiger partial charge on any atom is -0.434 e. The van der Waals surface area contributed by atoms with Crippen LogP contribution in [0.3, 0.4) is 0 Å². The Labute approximate surface area is 125 Å². The van der Waals surface area contributed by atoms with E-state index in [0.717, 1.165) is 9.90 Å². The Kier molecular flexibility index (Phi) is 5.34. The van der Waals surface area contributed by atoms with Crippen LogP contribution in [-0.2, 0) is 6.54 Å². The van der Waals surface area contributed by atoms with E-state index in [2.05, 4.69) is 10.1 Å². The first-order chi connectivity index (χ1) is 9.56. The lowest BCUT2D eigenvalue weighted by Crippen LogP contribution is -2.18. The van der Waals surface area contributed by atoms with Crippen molar-refractivity contribution in [2.75, 3.05) is 0 Å². The molecule has 2 nitrogen and oxygen atoms in total. The van der Waals surface area contributed by atoms with Crippen LogP contribution >= 0.6 is 22.9 Å². The normalized spacial score (nSPS) is 12.7. The van der Waals surface area contributed by atoms with Crippen LogP contribution in [-0.4, -0.2) is 6.61 Å². The molecule has 1 unspecified atom stereocenters. The molecule has 20 heavy (non-hydrogen) atoms. The summed E-state index contributed by atoms with van der Waals surface area (Å²) in [5.41, 5.74) is 1.77. The molecule has 0 saturated heterocycles. The Bertz CT molecular complexity index is 562. The molecule has 0 aliphatic heterocycles. The van der Waals surface area contributed by atoms with Crippen molar-refractivity contribution in [3.05, 3.63) is 51.2 Å². The Morgan fingerprint density at radius 3 is 2.75 bits per heavy atom. The van der Waals surface area contributed by atoms with E-state index < -0.39 is 6.61 Å². The predicted molar refractivity (Wildman–Crippen MR) is 77.7 cm³/mol. The van der Waals surface area contributed by atoms with Crippen LogP contribution in [0, 0.1) is 0 Å². The van der Waals surface area contributed by atoms with Crippen molar-refractivity contribution in [1.82, 2.24) is 5.32 Å². The van der Waals surface area contributed by atoms with Crippen molar-refractivity contribution in [3.63, 3.8) is 0 Å². The standard InChI is InChI=1S/C14H14ClF2NOS/c1-9(11-6-13(15)20-8-11)18-7-10-4-2-3-5-12(10)19-14(16)17/h2-6,8-9,14,18H,7H2,1H3. The van der Waals surface area contributed by atoms with Crippen LogP contribution in [0.15, 0.2) is 35.7 Å². The smallest absolute Gasteiger partial charge is 0.387 e. The van der Waals surface area contributed by atoms with Crippen molar-refractivity contribution < 1.29 is 13.5 Å². The minimum atomic E-state index is -2.82. The SMILES string of the molecule is CC(NCc1ccccc1OC(F)F)c1csc(Cl)c1. The lowest BCUT2D eigenvalue weighted by Gasteiger charge is -2.15. The van der Waals surface area contributed by atoms with E-state index in [9.17, 15) is 8.78 Å². The molecule has 1 N–H and O–H groups in total. The third-order valence-corrected chi connectivity index (χ3v) is 3.98. The van der Waals surface area contributed by atoms with Gasteiger partial charge < -0.3 is 10.1 Å². The highest BCUT2D eigenvalue weighted by Gasteiger charge is 2.11. The topological polar surface area (TPSA) is 21.3 Å². The number of halogens is 3. The molecule has 0 radical (unpaired) electrons. The molecular weight excluding hydrogens is 304 g/mol. The maximum absolute atomic E-state index is 12.3. The van der Waals surface area contributed by atoms with Crippen LogP contribution in [0.5, 0.6) is 5.75 Å². The fourth-order valence-electron chi connectivity index (χ4n) is 1.79. The summed E-state index contributed by atoms with van der Waals surface area (Å²) >= 11 is 7.36. The summed E-state index contributed by atoms with van der Waals surface area (Å²) < 4.78 is 29.8. The molecule has 108 valence electrons. The highest BCUT2D eigenvalue weighted by molar-refractivity contribution is 7.14. The fourth-order valence-corrected chi connectivity index (χ4v) is 2.78. The van der Waals surface area contributed by atoms with Crippen molar-refractivity contribution in [2.45, 2.75) is 26.1 Å². The van der Waals surface area contributed by atoms with Gasteiger partial charge in [-0.3, -0.25) is 0 Å². The fraction of sp³-hybridized carbons (Fsp3) is 0.286. The summed E-state index contributed by atoms with van der Waals surface area (Å²) in [5, 5.41) is 5.24. The Morgan fingerprint density at radius 1 is 1.35 bits per heavy atom. The van der Waals surface area contributed by atoms with Crippen molar-refractivity contribution in [3.8, 4) is 5.75 Å². The summed E-state index contributed by atoms with van der Waals surface area (Å²) in [5.74, 6) is 0.200. The molecule has 0 aliphatic rings. The molecule has 2 rings (SSSR count). The van der Waals surface area contributed by atoms with Crippen molar-refractivity contribution >= 4 is 22.9 Å². The van der Waals surface area contributed by atoms with E-state index in [1.54, 1.807) is 18.2 Å². The largest absolute Gasteiger partial charge is 0.434 e. The third-order valence-electron chi connectivity index (χ3n) is 2.88. The number of benzene rings is 1.